The Hall–Kier alpha value is -1.43. The summed E-state index contributed by atoms with van der Waals surface area (Å²) >= 11 is 1.77. The minimum absolute atomic E-state index is 0.731. The van der Waals surface area contributed by atoms with Crippen LogP contribution in [0.25, 0.3) is 0 Å². The summed E-state index contributed by atoms with van der Waals surface area (Å²) in [5, 5.41) is 5.41. The van der Waals surface area contributed by atoms with Crippen LogP contribution in [-0.4, -0.2) is 32.3 Å². The van der Waals surface area contributed by atoms with E-state index in [-0.39, 0.29) is 0 Å². The van der Waals surface area contributed by atoms with E-state index in [1.54, 1.807) is 18.4 Å². The maximum atomic E-state index is 5.00. The molecule has 0 saturated carbocycles. The predicted molar refractivity (Wildman–Crippen MR) is 84.2 cm³/mol. The summed E-state index contributed by atoms with van der Waals surface area (Å²) in [5.74, 6) is 0.999. The predicted octanol–water partition coefficient (Wildman–Crippen LogP) is 2.52. The molecule has 2 aromatic rings. The van der Waals surface area contributed by atoms with Gasteiger partial charge in [0.1, 0.15) is 5.82 Å². The van der Waals surface area contributed by atoms with Crippen LogP contribution in [-0.2, 0) is 17.8 Å². The van der Waals surface area contributed by atoms with Gasteiger partial charge >= 0.3 is 0 Å². The summed E-state index contributed by atoms with van der Waals surface area (Å²) in [4.78, 5) is 8.02. The maximum absolute atomic E-state index is 5.00. The molecule has 0 bridgehead atoms. The first-order chi connectivity index (χ1) is 9.79. The van der Waals surface area contributed by atoms with Gasteiger partial charge in [-0.2, -0.15) is 0 Å². The Morgan fingerprint density at radius 1 is 1.35 bits per heavy atom. The topological polar surface area (TPSA) is 37.4 Å². The molecule has 0 spiro atoms. The molecule has 0 saturated heterocycles. The Morgan fingerprint density at radius 3 is 2.90 bits per heavy atom. The van der Waals surface area contributed by atoms with E-state index < -0.39 is 0 Å². The fourth-order valence-electron chi connectivity index (χ4n) is 1.87. The number of methoxy groups -OCH3 is 1. The van der Waals surface area contributed by atoms with Crippen LogP contribution in [0.2, 0.25) is 0 Å². The summed E-state index contributed by atoms with van der Waals surface area (Å²) < 4.78 is 5.00. The summed E-state index contributed by atoms with van der Waals surface area (Å²) in [6.07, 6.45) is 1.93. The Morgan fingerprint density at radius 2 is 2.25 bits per heavy atom. The van der Waals surface area contributed by atoms with Crippen LogP contribution in [0.5, 0.6) is 0 Å². The number of nitrogens with one attached hydrogen (secondary N) is 1. The highest BCUT2D eigenvalue weighted by atomic mass is 32.1. The number of thiophene rings is 1. The van der Waals surface area contributed by atoms with Gasteiger partial charge in [0.2, 0.25) is 0 Å². The average Bonchev–Trinajstić information content (AvgIpc) is 2.97. The van der Waals surface area contributed by atoms with Gasteiger partial charge in [0.25, 0.3) is 0 Å². The van der Waals surface area contributed by atoms with Crippen LogP contribution >= 0.6 is 11.3 Å². The van der Waals surface area contributed by atoms with E-state index in [0.717, 1.165) is 32.1 Å². The quantitative estimate of drug-likeness (QED) is 0.758. The minimum Gasteiger partial charge on any atom is -0.383 e. The Kier molecular flexibility index (Phi) is 5.98. The molecule has 0 radical (unpaired) electrons. The molecule has 2 aromatic heterocycles. The highest BCUT2D eigenvalue weighted by Gasteiger charge is 2.04. The second-order valence-corrected chi connectivity index (χ2v) is 5.66. The molecule has 4 nitrogen and oxygen atoms in total. The van der Waals surface area contributed by atoms with E-state index in [2.05, 4.69) is 51.9 Å². The number of hydrogen-bond acceptors (Lipinski definition) is 5. The summed E-state index contributed by atoms with van der Waals surface area (Å²) in [6.45, 7) is 3.31. The molecule has 0 amide bonds. The second-order valence-electron chi connectivity index (χ2n) is 4.63. The Balaban J connectivity index is 1.84. The molecular formula is C15H21N3OS. The van der Waals surface area contributed by atoms with Gasteiger partial charge in [-0.3, -0.25) is 0 Å². The second kappa shape index (κ2) is 7.99. The molecule has 0 aromatic carbocycles. The van der Waals surface area contributed by atoms with Gasteiger partial charge in [0.15, 0.2) is 0 Å². The monoisotopic (exact) mass is 291 g/mol. The van der Waals surface area contributed by atoms with E-state index >= 15 is 0 Å². The van der Waals surface area contributed by atoms with Crippen molar-refractivity contribution in [2.45, 2.75) is 13.1 Å². The zero-order valence-corrected chi connectivity index (χ0v) is 12.8. The minimum atomic E-state index is 0.731. The van der Waals surface area contributed by atoms with Crippen molar-refractivity contribution in [2.24, 2.45) is 0 Å². The number of nitrogens with zero attached hydrogens (tertiary/aromatic N) is 2. The van der Waals surface area contributed by atoms with E-state index in [0.29, 0.717) is 0 Å². The van der Waals surface area contributed by atoms with Crippen molar-refractivity contribution in [1.82, 2.24) is 10.3 Å². The number of hydrogen-bond donors (Lipinski definition) is 1. The summed E-state index contributed by atoms with van der Waals surface area (Å²) in [5.41, 5.74) is 1.19. The van der Waals surface area contributed by atoms with Gasteiger partial charge in [0.05, 0.1) is 13.2 Å². The van der Waals surface area contributed by atoms with Crippen molar-refractivity contribution < 1.29 is 4.74 Å². The van der Waals surface area contributed by atoms with E-state index in [9.17, 15) is 0 Å². The smallest absolute Gasteiger partial charge is 0.128 e. The third-order valence-corrected chi connectivity index (χ3v) is 3.85. The van der Waals surface area contributed by atoms with Crippen molar-refractivity contribution in [1.29, 1.82) is 0 Å². The highest BCUT2D eigenvalue weighted by molar-refractivity contribution is 7.09. The van der Waals surface area contributed by atoms with Crippen LogP contribution in [0, 0.1) is 0 Å². The van der Waals surface area contributed by atoms with Crippen molar-refractivity contribution in [3.8, 4) is 0 Å². The lowest BCUT2D eigenvalue weighted by Crippen LogP contribution is -2.19. The lowest BCUT2D eigenvalue weighted by atomic mass is 10.2. The Bertz CT molecular complexity index is 484. The molecule has 0 aliphatic carbocycles. The first-order valence-corrected chi connectivity index (χ1v) is 7.55. The molecule has 5 heteroatoms. The van der Waals surface area contributed by atoms with Crippen LogP contribution in [0.3, 0.4) is 0 Å². The van der Waals surface area contributed by atoms with E-state index in [1.165, 1.54) is 10.4 Å². The Labute approximate surface area is 124 Å². The number of rotatable bonds is 8. The molecule has 0 fully saturated rings. The average molecular weight is 291 g/mol. The van der Waals surface area contributed by atoms with Crippen LogP contribution in [0.1, 0.15) is 10.4 Å². The lowest BCUT2D eigenvalue weighted by molar-refractivity contribution is 0.199. The molecular weight excluding hydrogens is 270 g/mol. The molecule has 0 aliphatic rings. The third-order valence-electron chi connectivity index (χ3n) is 2.99. The molecule has 1 N–H and O–H groups in total. The van der Waals surface area contributed by atoms with Crippen molar-refractivity contribution in [3.63, 3.8) is 0 Å². The highest BCUT2D eigenvalue weighted by Crippen LogP contribution is 2.16. The van der Waals surface area contributed by atoms with Gasteiger partial charge in [-0.15, -0.1) is 11.3 Å². The lowest BCUT2D eigenvalue weighted by Gasteiger charge is -2.17. The largest absolute Gasteiger partial charge is 0.383 e. The number of anilines is 1. The van der Waals surface area contributed by atoms with Gasteiger partial charge in [-0.05, 0) is 23.1 Å². The van der Waals surface area contributed by atoms with Gasteiger partial charge in [-0.1, -0.05) is 12.1 Å². The number of aromatic nitrogens is 1. The first-order valence-electron chi connectivity index (χ1n) is 6.67. The number of pyridine rings is 1. The molecule has 0 atom stereocenters. The number of ether oxygens (including phenoxy) is 1. The zero-order valence-electron chi connectivity index (χ0n) is 12.0. The zero-order chi connectivity index (χ0) is 14.2. The van der Waals surface area contributed by atoms with Crippen molar-refractivity contribution in [2.75, 3.05) is 32.2 Å². The van der Waals surface area contributed by atoms with Crippen LogP contribution < -0.4 is 10.2 Å². The fourth-order valence-corrected chi connectivity index (χ4v) is 2.63. The molecule has 20 heavy (non-hydrogen) atoms. The standard InChI is InChI=1S/C15H21N3OS/c1-18(12-14-4-3-9-20-14)15-6-5-13(11-17-15)10-16-7-8-19-2/h3-6,9,11,16H,7-8,10,12H2,1-2H3. The van der Waals surface area contributed by atoms with Crippen molar-refractivity contribution >= 4 is 17.2 Å². The molecule has 2 rings (SSSR count). The van der Waals surface area contributed by atoms with Gasteiger partial charge in [0, 0.05) is 38.3 Å². The molecule has 0 aliphatic heterocycles. The SMILES string of the molecule is COCCNCc1ccc(N(C)Cc2cccs2)nc1. The van der Waals surface area contributed by atoms with E-state index in [4.69, 9.17) is 4.74 Å². The summed E-state index contributed by atoms with van der Waals surface area (Å²) in [7, 11) is 3.78. The van der Waals surface area contributed by atoms with Gasteiger partial charge in [-0.25, -0.2) is 4.98 Å². The fraction of sp³-hybridized carbons (Fsp3) is 0.400. The normalized spacial score (nSPS) is 10.7. The molecule has 0 unspecified atom stereocenters. The van der Waals surface area contributed by atoms with Gasteiger partial charge < -0.3 is 15.0 Å². The summed E-state index contributed by atoms with van der Waals surface area (Å²) in [6, 6.07) is 8.42. The van der Waals surface area contributed by atoms with Crippen LogP contribution in [0.4, 0.5) is 5.82 Å². The maximum Gasteiger partial charge on any atom is 0.128 e. The van der Waals surface area contributed by atoms with Crippen LogP contribution in [0.15, 0.2) is 35.8 Å². The van der Waals surface area contributed by atoms with E-state index in [1.807, 2.05) is 6.20 Å². The molecule has 108 valence electrons. The third kappa shape index (κ3) is 4.59. The first kappa shape index (κ1) is 15.0. The van der Waals surface area contributed by atoms with Crippen molar-refractivity contribution in [3.05, 3.63) is 46.3 Å². The molecule has 2 heterocycles.